The SMILES string of the molecule is Cl.c1ccc(NNC2=NCCC2)cc1. The van der Waals surface area contributed by atoms with Crippen molar-refractivity contribution in [2.24, 2.45) is 4.99 Å². The number of benzene rings is 1. The van der Waals surface area contributed by atoms with Crippen molar-refractivity contribution in [3.05, 3.63) is 30.3 Å². The zero-order chi connectivity index (χ0) is 8.93. The van der Waals surface area contributed by atoms with E-state index in [0.29, 0.717) is 0 Å². The van der Waals surface area contributed by atoms with Crippen molar-refractivity contribution >= 4 is 23.9 Å². The van der Waals surface area contributed by atoms with Gasteiger partial charge in [-0.1, -0.05) is 18.2 Å². The van der Waals surface area contributed by atoms with Crippen LogP contribution in [0.1, 0.15) is 12.8 Å². The topological polar surface area (TPSA) is 36.4 Å². The lowest BCUT2D eigenvalue weighted by atomic mass is 10.3. The van der Waals surface area contributed by atoms with Gasteiger partial charge in [0.2, 0.25) is 0 Å². The fraction of sp³-hybridized carbons (Fsp3) is 0.300. The minimum Gasteiger partial charge on any atom is -0.300 e. The molecule has 1 aliphatic heterocycles. The predicted octanol–water partition coefficient (Wildman–Crippen LogP) is 2.22. The number of nitrogens with one attached hydrogen (secondary N) is 2. The Labute approximate surface area is 90.0 Å². The Morgan fingerprint density at radius 1 is 1.07 bits per heavy atom. The second-order valence-corrected chi connectivity index (χ2v) is 3.05. The van der Waals surface area contributed by atoms with Gasteiger partial charge in [-0.25, -0.2) is 0 Å². The average Bonchev–Trinajstić information content (AvgIpc) is 2.69. The van der Waals surface area contributed by atoms with E-state index < -0.39 is 0 Å². The number of nitrogens with zero attached hydrogens (tertiary/aromatic N) is 1. The molecule has 1 aromatic rings. The minimum atomic E-state index is 0. The molecule has 2 rings (SSSR count). The first-order valence-corrected chi connectivity index (χ1v) is 4.55. The highest BCUT2D eigenvalue weighted by molar-refractivity contribution is 5.85. The second kappa shape index (κ2) is 5.50. The lowest BCUT2D eigenvalue weighted by Crippen LogP contribution is -2.27. The van der Waals surface area contributed by atoms with Gasteiger partial charge in [-0.3, -0.25) is 15.8 Å². The molecule has 3 nitrogen and oxygen atoms in total. The van der Waals surface area contributed by atoms with Crippen molar-refractivity contribution < 1.29 is 0 Å². The van der Waals surface area contributed by atoms with Gasteiger partial charge in [0.05, 0.1) is 5.69 Å². The predicted molar refractivity (Wildman–Crippen MR) is 62.0 cm³/mol. The number of hydrazine groups is 1. The van der Waals surface area contributed by atoms with Gasteiger partial charge in [0.15, 0.2) is 0 Å². The Morgan fingerprint density at radius 3 is 2.50 bits per heavy atom. The van der Waals surface area contributed by atoms with E-state index >= 15 is 0 Å². The third kappa shape index (κ3) is 2.92. The van der Waals surface area contributed by atoms with Crippen LogP contribution in [0.4, 0.5) is 5.69 Å². The molecule has 0 saturated carbocycles. The molecule has 0 fully saturated rings. The highest BCUT2D eigenvalue weighted by Crippen LogP contribution is 2.05. The summed E-state index contributed by atoms with van der Waals surface area (Å²) in [5.41, 5.74) is 7.27. The third-order valence-electron chi connectivity index (χ3n) is 2.00. The van der Waals surface area contributed by atoms with Gasteiger partial charge < -0.3 is 0 Å². The fourth-order valence-electron chi connectivity index (χ4n) is 1.31. The molecule has 4 heteroatoms. The average molecular weight is 212 g/mol. The van der Waals surface area contributed by atoms with Gasteiger partial charge >= 0.3 is 0 Å². The molecule has 0 bridgehead atoms. The summed E-state index contributed by atoms with van der Waals surface area (Å²) in [5, 5.41) is 0. The first kappa shape index (κ1) is 10.9. The van der Waals surface area contributed by atoms with Gasteiger partial charge in [0.1, 0.15) is 5.84 Å². The number of hydrogen-bond donors (Lipinski definition) is 2. The fourth-order valence-corrected chi connectivity index (χ4v) is 1.31. The highest BCUT2D eigenvalue weighted by Gasteiger charge is 2.03. The molecule has 1 heterocycles. The first-order valence-electron chi connectivity index (χ1n) is 4.55. The number of anilines is 1. The van der Waals surface area contributed by atoms with Crippen molar-refractivity contribution in [3.8, 4) is 0 Å². The van der Waals surface area contributed by atoms with Crippen molar-refractivity contribution in [1.82, 2.24) is 5.43 Å². The molecule has 0 aromatic heterocycles. The summed E-state index contributed by atoms with van der Waals surface area (Å²) in [7, 11) is 0. The van der Waals surface area contributed by atoms with Crippen LogP contribution in [-0.2, 0) is 0 Å². The van der Waals surface area contributed by atoms with E-state index in [0.717, 1.165) is 24.5 Å². The zero-order valence-corrected chi connectivity index (χ0v) is 8.68. The van der Waals surface area contributed by atoms with E-state index in [4.69, 9.17) is 0 Å². The third-order valence-corrected chi connectivity index (χ3v) is 2.00. The van der Waals surface area contributed by atoms with Crippen LogP contribution in [0.3, 0.4) is 0 Å². The van der Waals surface area contributed by atoms with Gasteiger partial charge in [0.25, 0.3) is 0 Å². The number of para-hydroxylation sites is 1. The molecule has 76 valence electrons. The summed E-state index contributed by atoms with van der Waals surface area (Å²) in [4.78, 5) is 4.29. The van der Waals surface area contributed by atoms with Crippen molar-refractivity contribution in [2.45, 2.75) is 12.8 Å². The normalized spacial score (nSPS) is 14.1. The van der Waals surface area contributed by atoms with E-state index in [1.165, 1.54) is 6.42 Å². The maximum absolute atomic E-state index is 4.29. The Kier molecular flexibility index (Phi) is 4.26. The Balaban J connectivity index is 0.000000980. The van der Waals surface area contributed by atoms with E-state index in [-0.39, 0.29) is 12.4 Å². The monoisotopic (exact) mass is 211 g/mol. The highest BCUT2D eigenvalue weighted by atomic mass is 35.5. The van der Waals surface area contributed by atoms with Gasteiger partial charge in [-0.2, -0.15) is 0 Å². The van der Waals surface area contributed by atoms with Crippen LogP contribution in [0.5, 0.6) is 0 Å². The maximum Gasteiger partial charge on any atom is 0.115 e. The summed E-state index contributed by atoms with van der Waals surface area (Å²) in [5.74, 6) is 1.06. The molecular weight excluding hydrogens is 198 g/mol. The van der Waals surface area contributed by atoms with Crippen LogP contribution >= 0.6 is 12.4 Å². The molecule has 0 radical (unpaired) electrons. The van der Waals surface area contributed by atoms with Crippen LogP contribution in [0.15, 0.2) is 35.3 Å². The molecule has 0 spiro atoms. The Morgan fingerprint density at radius 2 is 1.86 bits per heavy atom. The molecule has 0 aliphatic carbocycles. The quantitative estimate of drug-likeness (QED) is 0.736. The van der Waals surface area contributed by atoms with Crippen LogP contribution in [-0.4, -0.2) is 12.4 Å². The number of hydrogen-bond acceptors (Lipinski definition) is 3. The lowest BCUT2D eigenvalue weighted by molar-refractivity contribution is 0.944. The second-order valence-electron chi connectivity index (χ2n) is 3.05. The van der Waals surface area contributed by atoms with Gasteiger partial charge in [0, 0.05) is 13.0 Å². The van der Waals surface area contributed by atoms with E-state index in [1.807, 2.05) is 30.3 Å². The molecule has 0 amide bonds. The van der Waals surface area contributed by atoms with Crippen molar-refractivity contribution in [3.63, 3.8) is 0 Å². The molecule has 0 saturated heterocycles. The Hall–Kier alpha value is -1.22. The maximum atomic E-state index is 4.29. The summed E-state index contributed by atoms with van der Waals surface area (Å²) in [6.45, 7) is 0.957. The molecule has 1 aromatic carbocycles. The summed E-state index contributed by atoms with van der Waals surface area (Å²) >= 11 is 0. The van der Waals surface area contributed by atoms with Crippen LogP contribution in [0.2, 0.25) is 0 Å². The standard InChI is InChI=1S/C10H13N3.ClH/c1-2-5-9(6-3-1)12-13-10-7-4-8-11-10;/h1-3,5-6,12H,4,7-8H2,(H,11,13);1H. The molecule has 0 atom stereocenters. The number of aliphatic imine (C=N–C) groups is 1. The van der Waals surface area contributed by atoms with Crippen LogP contribution in [0.25, 0.3) is 0 Å². The smallest absolute Gasteiger partial charge is 0.115 e. The molecular formula is C10H14ClN3. The molecule has 1 aliphatic rings. The Bertz CT molecular complexity index is 297. The largest absolute Gasteiger partial charge is 0.300 e. The van der Waals surface area contributed by atoms with Gasteiger partial charge in [-0.05, 0) is 18.6 Å². The lowest BCUT2D eigenvalue weighted by Gasteiger charge is -2.08. The molecule has 0 unspecified atom stereocenters. The zero-order valence-electron chi connectivity index (χ0n) is 7.86. The van der Waals surface area contributed by atoms with Gasteiger partial charge in [-0.15, -0.1) is 12.4 Å². The van der Waals surface area contributed by atoms with Crippen LogP contribution < -0.4 is 10.9 Å². The van der Waals surface area contributed by atoms with Crippen LogP contribution in [0, 0.1) is 0 Å². The summed E-state index contributed by atoms with van der Waals surface area (Å²) in [6, 6.07) is 10.0. The van der Waals surface area contributed by atoms with E-state index in [2.05, 4.69) is 15.8 Å². The van der Waals surface area contributed by atoms with E-state index in [9.17, 15) is 0 Å². The molecule has 2 N–H and O–H groups in total. The number of rotatable bonds is 2. The first-order chi connectivity index (χ1) is 6.45. The van der Waals surface area contributed by atoms with Crippen molar-refractivity contribution in [1.29, 1.82) is 0 Å². The number of halogens is 1. The van der Waals surface area contributed by atoms with E-state index in [1.54, 1.807) is 0 Å². The number of amidine groups is 1. The minimum absolute atomic E-state index is 0. The summed E-state index contributed by atoms with van der Waals surface area (Å²) in [6.07, 6.45) is 2.22. The summed E-state index contributed by atoms with van der Waals surface area (Å²) < 4.78 is 0. The molecule has 14 heavy (non-hydrogen) atoms. The van der Waals surface area contributed by atoms with Crippen molar-refractivity contribution in [2.75, 3.05) is 12.0 Å².